The highest BCUT2D eigenvalue weighted by atomic mass is 32.1. The maximum Gasteiger partial charge on any atom is 0.348 e. The Bertz CT molecular complexity index is 1260. The van der Waals surface area contributed by atoms with Crippen molar-refractivity contribution in [2.24, 2.45) is 7.05 Å². The van der Waals surface area contributed by atoms with Gasteiger partial charge in [-0.1, -0.05) is 30.3 Å². The van der Waals surface area contributed by atoms with Crippen LogP contribution in [0.25, 0.3) is 10.2 Å². The molecule has 0 atom stereocenters. The van der Waals surface area contributed by atoms with Gasteiger partial charge in [-0.15, -0.1) is 32.9 Å². The van der Waals surface area contributed by atoms with E-state index in [2.05, 4.69) is 10.2 Å². The molecule has 0 radical (unpaired) electrons. The van der Waals surface area contributed by atoms with Gasteiger partial charge >= 0.3 is 11.7 Å². The van der Waals surface area contributed by atoms with E-state index in [0.29, 0.717) is 15.2 Å². The fraction of sp³-hybridized carbons (Fsp3) is 0.167. The smallest absolute Gasteiger partial charge is 0.348 e. The zero-order valence-electron chi connectivity index (χ0n) is 14.7. The fourth-order valence-electron chi connectivity index (χ4n) is 2.75. The van der Waals surface area contributed by atoms with Gasteiger partial charge in [-0.2, -0.15) is 0 Å². The Morgan fingerprint density at radius 2 is 2.00 bits per heavy atom. The van der Waals surface area contributed by atoms with Crippen molar-refractivity contribution in [3.05, 3.63) is 78.2 Å². The van der Waals surface area contributed by atoms with Crippen LogP contribution in [0.3, 0.4) is 0 Å². The minimum atomic E-state index is -0.571. The second-order valence-electron chi connectivity index (χ2n) is 5.96. The molecule has 10 heteroatoms. The van der Waals surface area contributed by atoms with E-state index in [1.54, 1.807) is 12.6 Å². The molecule has 0 saturated heterocycles. The predicted octanol–water partition coefficient (Wildman–Crippen LogP) is 2.02. The van der Waals surface area contributed by atoms with Crippen LogP contribution in [0.2, 0.25) is 0 Å². The third-order valence-corrected chi connectivity index (χ3v) is 5.99. The zero-order valence-corrected chi connectivity index (χ0v) is 16.3. The molecule has 0 N–H and O–H groups in total. The summed E-state index contributed by atoms with van der Waals surface area (Å²) in [5.41, 5.74) is 1.53. The van der Waals surface area contributed by atoms with Crippen LogP contribution in [0.1, 0.15) is 20.2 Å². The Labute approximate surface area is 166 Å². The van der Waals surface area contributed by atoms with Crippen LogP contribution in [0.4, 0.5) is 0 Å². The number of aromatic nitrogens is 4. The van der Waals surface area contributed by atoms with Crippen LogP contribution in [-0.4, -0.2) is 25.3 Å². The quantitative estimate of drug-likeness (QED) is 0.464. The van der Waals surface area contributed by atoms with Gasteiger partial charge in [-0.25, -0.2) is 9.59 Å². The molecule has 0 spiro atoms. The molecule has 3 heterocycles. The number of ether oxygens (including phenoxy) is 1. The van der Waals surface area contributed by atoms with Crippen molar-refractivity contribution >= 4 is 38.9 Å². The van der Waals surface area contributed by atoms with Crippen LogP contribution in [0, 0.1) is 0 Å². The van der Waals surface area contributed by atoms with Gasteiger partial charge in [0.15, 0.2) is 5.01 Å². The van der Waals surface area contributed by atoms with Crippen LogP contribution in [-0.2, 0) is 24.9 Å². The van der Waals surface area contributed by atoms with E-state index in [1.165, 1.54) is 26.5 Å². The lowest BCUT2D eigenvalue weighted by Gasteiger charge is -2.08. The standard InChI is InChI=1S/C18H14N4O4S2/c1-21-16-12(7-13(28-16)17(24)26-9-14-20-19-10-27-14)15(23)22(18(21)25)8-11-5-3-2-4-6-11/h2-7,10H,8-9H2,1H3. The first-order valence-corrected chi connectivity index (χ1v) is 9.93. The molecule has 0 fully saturated rings. The third kappa shape index (κ3) is 3.39. The summed E-state index contributed by atoms with van der Waals surface area (Å²) in [5.74, 6) is -0.571. The normalized spacial score (nSPS) is 11.0. The van der Waals surface area contributed by atoms with Gasteiger partial charge in [0.1, 0.15) is 21.8 Å². The average molecular weight is 414 g/mol. The van der Waals surface area contributed by atoms with Gasteiger partial charge in [-0.3, -0.25) is 13.9 Å². The number of thiophene rings is 1. The van der Waals surface area contributed by atoms with E-state index in [9.17, 15) is 14.4 Å². The predicted molar refractivity (Wildman–Crippen MR) is 106 cm³/mol. The summed E-state index contributed by atoms with van der Waals surface area (Å²) in [5, 5.41) is 8.38. The fourth-order valence-corrected chi connectivity index (χ4v) is 4.18. The highest BCUT2D eigenvalue weighted by Crippen LogP contribution is 2.23. The molecule has 0 saturated carbocycles. The topological polar surface area (TPSA) is 96.1 Å². The van der Waals surface area contributed by atoms with Gasteiger partial charge in [-0.05, 0) is 11.6 Å². The lowest BCUT2D eigenvalue weighted by Crippen LogP contribution is -2.38. The Hall–Kier alpha value is -3.11. The number of aryl methyl sites for hydroxylation is 1. The number of carbonyl (C=O) groups is 1. The van der Waals surface area contributed by atoms with Crippen molar-refractivity contribution in [1.29, 1.82) is 0 Å². The number of fused-ring (bicyclic) bond motifs is 1. The molecule has 0 aliphatic carbocycles. The highest BCUT2D eigenvalue weighted by molar-refractivity contribution is 7.20. The lowest BCUT2D eigenvalue weighted by atomic mass is 10.2. The second-order valence-corrected chi connectivity index (χ2v) is 7.90. The summed E-state index contributed by atoms with van der Waals surface area (Å²) in [6, 6.07) is 10.7. The van der Waals surface area contributed by atoms with Gasteiger partial charge in [0.2, 0.25) is 0 Å². The molecule has 8 nitrogen and oxygen atoms in total. The molecule has 4 rings (SSSR count). The largest absolute Gasteiger partial charge is 0.454 e. The zero-order chi connectivity index (χ0) is 19.7. The SMILES string of the molecule is Cn1c(=O)n(Cc2ccccc2)c(=O)c2cc(C(=O)OCc3nncs3)sc21. The minimum Gasteiger partial charge on any atom is -0.454 e. The van der Waals surface area contributed by atoms with Crippen molar-refractivity contribution in [2.45, 2.75) is 13.2 Å². The maximum absolute atomic E-state index is 12.9. The highest BCUT2D eigenvalue weighted by Gasteiger charge is 2.19. The summed E-state index contributed by atoms with van der Waals surface area (Å²) in [7, 11) is 1.58. The molecule has 0 bridgehead atoms. The maximum atomic E-state index is 12.9. The third-order valence-electron chi connectivity index (χ3n) is 4.13. The molecule has 1 aromatic carbocycles. The molecular formula is C18H14N4O4S2. The van der Waals surface area contributed by atoms with Crippen molar-refractivity contribution in [2.75, 3.05) is 0 Å². The van der Waals surface area contributed by atoms with E-state index in [0.717, 1.165) is 16.9 Å². The number of nitrogens with zero attached hydrogens (tertiary/aromatic N) is 4. The van der Waals surface area contributed by atoms with Crippen LogP contribution >= 0.6 is 22.7 Å². The van der Waals surface area contributed by atoms with Crippen molar-refractivity contribution in [1.82, 2.24) is 19.3 Å². The van der Waals surface area contributed by atoms with Gasteiger partial charge in [0.25, 0.3) is 5.56 Å². The van der Waals surface area contributed by atoms with Crippen LogP contribution in [0.15, 0.2) is 51.5 Å². The van der Waals surface area contributed by atoms with Crippen LogP contribution < -0.4 is 11.2 Å². The van der Waals surface area contributed by atoms with E-state index in [1.807, 2.05) is 30.3 Å². The molecule has 0 amide bonds. The van der Waals surface area contributed by atoms with Gasteiger partial charge in [0.05, 0.1) is 11.9 Å². The van der Waals surface area contributed by atoms with E-state index in [-0.39, 0.29) is 18.0 Å². The van der Waals surface area contributed by atoms with Crippen molar-refractivity contribution < 1.29 is 9.53 Å². The molecule has 0 aliphatic rings. The van der Waals surface area contributed by atoms with Crippen molar-refractivity contribution in [3.63, 3.8) is 0 Å². The van der Waals surface area contributed by atoms with Crippen molar-refractivity contribution in [3.8, 4) is 0 Å². The molecular weight excluding hydrogens is 400 g/mol. The Balaban J connectivity index is 1.70. The summed E-state index contributed by atoms with van der Waals surface area (Å²) in [4.78, 5) is 38.6. The first kappa shape index (κ1) is 18.3. The Morgan fingerprint density at radius 3 is 2.71 bits per heavy atom. The number of hydrogen-bond acceptors (Lipinski definition) is 8. The molecule has 0 aliphatic heterocycles. The van der Waals surface area contributed by atoms with E-state index >= 15 is 0 Å². The first-order chi connectivity index (χ1) is 13.5. The van der Waals surface area contributed by atoms with Gasteiger partial charge in [0, 0.05) is 7.05 Å². The van der Waals surface area contributed by atoms with E-state index < -0.39 is 17.2 Å². The van der Waals surface area contributed by atoms with Gasteiger partial charge < -0.3 is 4.74 Å². The number of benzene rings is 1. The summed E-state index contributed by atoms with van der Waals surface area (Å²) < 4.78 is 7.77. The molecule has 28 heavy (non-hydrogen) atoms. The summed E-state index contributed by atoms with van der Waals surface area (Å²) in [6.07, 6.45) is 0. The summed E-state index contributed by atoms with van der Waals surface area (Å²) in [6.45, 7) is 0.171. The minimum absolute atomic E-state index is 0.00884. The van der Waals surface area contributed by atoms with Crippen LogP contribution in [0.5, 0.6) is 0 Å². The Morgan fingerprint density at radius 1 is 1.21 bits per heavy atom. The molecule has 0 unspecified atom stereocenters. The first-order valence-electron chi connectivity index (χ1n) is 8.24. The monoisotopic (exact) mass is 414 g/mol. The summed E-state index contributed by atoms with van der Waals surface area (Å²) >= 11 is 2.33. The Kier molecular flexibility index (Phi) is 4.88. The molecule has 4 aromatic rings. The number of esters is 1. The number of rotatable bonds is 5. The van der Waals surface area contributed by atoms with E-state index in [4.69, 9.17) is 4.74 Å². The number of carbonyl (C=O) groups excluding carboxylic acids is 1. The average Bonchev–Trinajstić information content (AvgIpc) is 3.38. The molecule has 142 valence electrons. The number of hydrogen-bond donors (Lipinski definition) is 0. The lowest BCUT2D eigenvalue weighted by molar-refractivity contribution is 0.0477. The molecule has 3 aromatic heterocycles. The second kappa shape index (κ2) is 7.49.